The van der Waals surface area contributed by atoms with Crippen LogP contribution in [0.5, 0.6) is 0 Å². The monoisotopic (exact) mass is 356 g/mol. The first kappa shape index (κ1) is 16.9. The highest BCUT2D eigenvalue weighted by atomic mass is 16.3. The Morgan fingerprint density at radius 2 is 2.15 bits per heavy atom. The van der Waals surface area contributed by atoms with Gasteiger partial charge in [-0.3, -0.25) is 9.59 Å². The van der Waals surface area contributed by atoms with Crippen molar-refractivity contribution < 1.29 is 18.4 Å². The van der Waals surface area contributed by atoms with E-state index in [1.807, 2.05) is 28.9 Å². The zero-order valence-corrected chi connectivity index (χ0v) is 15.0. The molecule has 2 saturated heterocycles. The minimum atomic E-state index is 0.0201. The lowest BCUT2D eigenvalue weighted by Gasteiger charge is -2.47. The van der Waals surface area contributed by atoms with Crippen molar-refractivity contribution in [1.29, 1.82) is 0 Å². The summed E-state index contributed by atoms with van der Waals surface area (Å²) < 4.78 is 10.7. The number of furan rings is 2. The van der Waals surface area contributed by atoms with Crippen molar-refractivity contribution in [2.75, 3.05) is 19.6 Å². The molecular formula is C20H24N2O4. The molecule has 0 N–H and O–H groups in total. The van der Waals surface area contributed by atoms with Gasteiger partial charge in [0.25, 0.3) is 5.91 Å². The molecule has 0 saturated carbocycles. The fraction of sp³-hybridized carbons (Fsp3) is 0.500. The summed E-state index contributed by atoms with van der Waals surface area (Å²) in [5.74, 6) is 2.41. The van der Waals surface area contributed by atoms with Gasteiger partial charge in [-0.15, -0.1) is 0 Å². The fourth-order valence-corrected chi connectivity index (χ4v) is 4.25. The Morgan fingerprint density at radius 1 is 1.27 bits per heavy atom. The predicted octanol–water partition coefficient (Wildman–Crippen LogP) is 2.88. The standard InChI is InChI=1S/C20H24N2O4/c1-14-2-4-17(26-14)6-10-22-18-7-9-21(12-15(18)3-5-19(22)23)20(24)16-8-11-25-13-16/h2,4,8,11,13,15,18H,3,5-7,9-10,12H2,1H3/t15-,18+/m0/s1. The molecule has 2 aromatic rings. The van der Waals surface area contributed by atoms with Gasteiger partial charge in [-0.1, -0.05) is 0 Å². The van der Waals surface area contributed by atoms with Gasteiger partial charge in [-0.2, -0.15) is 0 Å². The van der Waals surface area contributed by atoms with Crippen molar-refractivity contribution in [3.8, 4) is 0 Å². The molecule has 0 unspecified atom stereocenters. The van der Waals surface area contributed by atoms with Crippen LogP contribution in [0.15, 0.2) is 39.6 Å². The molecule has 0 aliphatic carbocycles. The smallest absolute Gasteiger partial charge is 0.257 e. The lowest BCUT2D eigenvalue weighted by atomic mass is 9.83. The van der Waals surface area contributed by atoms with Gasteiger partial charge in [0, 0.05) is 38.5 Å². The molecule has 2 amide bonds. The maximum absolute atomic E-state index is 12.6. The molecule has 6 nitrogen and oxygen atoms in total. The van der Waals surface area contributed by atoms with Crippen LogP contribution in [-0.2, 0) is 11.2 Å². The maximum atomic E-state index is 12.6. The van der Waals surface area contributed by atoms with Crippen LogP contribution >= 0.6 is 0 Å². The minimum absolute atomic E-state index is 0.0201. The summed E-state index contributed by atoms with van der Waals surface area (Å²) in [6.07, 6.45) is 6.01. The molecule has 0 bridgehead atoms. The van der Waals surface area contributed by atoms with Crippen LogP contribution in [0.3, 0.4) is 0 Å². The first-order valence-corrected chi connectivity index (χ1v) is 9.28. The number of aryl methyl sites for hydroxylation is 1. The van der Waals surface area contributed by atoms with Crippen LogP contribution in [0.1, 0.15) is 41.1 Å². The molecule has 0 radical (unpaired) electrons. The summed E-state index contributed by atoms with van der Waals surface area (Å²) in [6, 6.07) is 5.86. The second kappa shape index (κ2) is 7.02. The van der Waals surface area contributed by atoms with E-state index in [9.17, 15) is 9.59 Å². The Kier molecular flexibility index (Phi) is 4.57. The highest BCUT2D eigenvalue weighted by Crippen LogP contribution is 2.32. The molecule has 2 aromatic heterocycles. The third-order valence-corrected chi connectivity index (χ3v) is 5.59. The van der Waals surface area contributed by atoms with Crippen molar-refractivity contribution in [3.63, 3.8) is 0 Å². The van der Waals surface area contributed by atoms with Gasteiger partial charge >= 0.3 is 0 Å². The molecule has 2 aliphatic heterocycles. The van der Waals surface area contributed by atoms with E-state index in [1.54, 1.807) is 6.07 Å². The molecule has 4 rings (SSSR count). The van der Waals surface area contributed by atoms with E-state index in [0.717, 1.165) is 30.8 Å². The first-order chi connectivity index (χ1) is 12.6. The van der Waals surface area contributed by atoms with E-state index in [0.29, 0.717) is 37.5 Å². The highest BCUT2D eigenvalue weighted by Gasteiger charge is 2.40. The summed E-state index contributed by atoms with van der Waals surface area (Å²) >= 11 is 0. The molecule has 2 atom stereocenters. The number of nitrogens with zero attached hydrogens (tertiary/aromatic N) is 2. The molecule has 4 heterocycles. The lowest BCUT2D eigenvalue weighted by molar-refractivity contribution is -0.140. The molecule has 26 heavy (non-hydrogen) atoms. The third kappa shape index (κ3) is 3.28. The van der Waals surface area contributed by atoms with E-state index in [4.69, 9.17) is 8.83 Å². The molecule has 0 aromatic carbocycles. The maximum Gasteiger partial charge on any atom is 0.257 e. The first-order valence-electron chi connectivity index (χ1n) is 9.28. The van der Waals surface area contributed by atoms with E-state index in [2.05, 4.69) is 0 Å². The average Bonchev–Trinajstić information content (AvgIpc) is 3.32. The highest BCUT2D eigenvalue weighted by molar-refractivity contribution is 5.94. The number of carbonyl (C=O) groups is 2. The molecule has 138 valence electrons. The number of carbonyl (C=O) groups excluding carboxylic acids is 2. The predicted molar refractivity (Wildman–Crippen MR) is 94.6 cm³/mol. The van der Waals surface area contributed by atoms with Gasteiger partial charge in [0.05, 0.1) is 11.8 Å². The number of rotatable bonds is 4. The molecule has 2 aliphatic rings. The van der Waals surface area contributed by atoms with Crippen LogP contribution in [0.4, 0.5) is 0 Å². The second-order valence-corrected chi connectivity index (χ2v) is 7.27. The quantitative estimate of drug-likeness (QED) is 0.845. The largest absolute Gasteiger partial charge is 0.472 e. The van der Waals surface area contributed by atoms with Gasteiger partial charge in [0.15, 0.2) is 0 Å². The summed E-state index contributed by atoms with van der Waals surface area (Å²) in [4.78, 5) is 29.0. The Labute approximate surface area is 152 Å². The molecule has 0 spiro atoms. The number of likely N-dealkylation sites (tertiary alicyclic amines) is 2. The molecule has 6 heteroatoms. The van der Waals surface area contributed by atoms with Crippen molar-refractivity contribution in [2.24, 2.45) is 5.92 Å². The molecule has 2 fully saturated rings. The Morgan fingerprint density at radius 3 is 2.88 bits per heavy atom. The van der Waals surface area contributed by atoms with E-state index in [1.165, 1.54) is 12.5 Å². The van der Waals surface area contributed by atoms with E-state index >= 15 is 0 Å². The summed E-state index contributed by atoms with van der Waals surface area (Å²) in [6.45, 7) is 3.99. The number of hydrogen-bond donors (Lipinski definition) is 0. The van der Waals surface area contributed by atoms with Crippen LogP contribution in [-0.4, -0.2) is 47.3 Å². The van der Waals surface area contributed by atoms with E-state index < -0.39 is 0 Å². The normalized spacial score (nSPS) is 23.2. The van der Waals surface area contributed by atoms with E-state index in [-0.39, 0.29) is 17.9 Å². The van der Waals surface area contributed by atoms with Crippen molar-refractivity contribution in [3.05, 3.63) is 47.8 Å². The lowest BCUT2D eigenvalue weighted by Crippen LogP contribution is -2.57. The number of amides is 2. The third-order valence-electron chi connectivity index (χ3n) is 5.59. The zero-order chi connectivity index (χ0) is 18.1. The van der Waals surface area contributed by atoms with Gasteiger partial charge < -0.3 is 18.6 Å². The van der Waals surface area contributed by atoms with Crippen LogP contribution in [0.25, 0.3) is 0 Å². The zero-order valence-electron chi connectivity index (χ0n) is 15.0. The van der Waals surface area contributed by atoms with Gasteiger partial charge in [0.1, 0.15) is 17.8 Å². The topological polar surface area (TPSA) is 66.9 Å². The Bertz CT molecular complexity index is 780. The van der Waals surface area contributed by atoms with Gasteiger partial charge in [-0.05, 0) is 43.9 Å². The van der Waals surface area contributed by atoms with Crippen molar-refractivity contribution in [1.82, 2.24) is 9.80 Å². The molecular weight excluding hydrogens is 332 g/mol. The number of piperidine rings is 2. The fourth-order valence-electron chi connectivity index (χ4n) is 4.25. The Hall–Kier alpha value is -2.50. The summed E-state index contributed by atoms with van der Waals surface area (Å²) in [5.41, 5.74) is 0.598. The summed E-state index contributed by atoms with van der Waals surface area (Å²) in [7, 11) is 0. The Balaban J connectivity index is 1.41. The SMILES string of the molecule is Cc1ccc(CCN2C(=O)CC[C@H]3CN(C(=O)c4ccoc4)CC[C@H]32)o1. The van der Waals surface area contributed by atoms with Gasteiger partial charge in [0.2, 0.25) is 5.91 Å². The number of fused-ring (bicyclic) bond motifs is 1. The van der Waals surface area contributed by atoms with Crippen LogP contribution in [0.2, 0.25) is 0 Å². The van der Waals surface area contributed by atoms with Crippen molar-refractivity contribution in [2.45, 2.75) is 38.6 Å². The number of hydrogen-bond acceptors (Lipinski definition) is 4. The van der Waals surface area contributed by atoms with Crippen LogP contribution < -0.4 is 0 Å². The van der Waals surface area contributed by atoms with Crippen LogP contribution in [0, 0.1) is 12.8 Å². The minimum Gasteiger partial charge on any atom is -0.472 e. The summed E-state index contributed by atoms with van der Waals surface area (Å²) in [5, 5.41) is 0. The second-order valence-electron chi connectivity index (χ2n) is 7.27. The van der Waals surface area contributed by atoms with Gasteiger partial charge in [-0.25, -0.2) is 0 Å². The average molecular weight is 356 g/mol. The van der Waals surface area contributed by atoms with Crippen molar-refractivity contribution >= 4 is 11.8 Å².